The average molecular weight is 470 g/mol. The summed E-state index contributed by atoms with van der Waals surface area (Å²) in [6, 6.07) is 8.54. The topological polar surface area (TPSA) is 57.6 Å². The highest BCUT2D eigenvalue weighted by molar-refractivity contribution is 5.66. The number of hydrogen-bond donors (Lipinski definition) is 0. The molecule has 0 radical (unpaired) electrons. The molecule has 0 amide bonds. The molecule has 0 spiro atoms. The van der Waals surface area contributed by atoms with E-state index in [0.717, 1.165) is 12.1 Å². The maximum Gasteiger partial charge on any atom is 0.228 e. The van der Waals surface area contributed by atoms with Gasteiger partial charge in [-0.15, -0.1) is 0 Å². The van der Waals surface area contributed by atoms with E-state index in [4.69, 9.17) is 9.72 Å². The number of morpholine rings is 1. The predicted octanol–water partition coefficient (Wildman–Crippen LogP) is 3.51. The fourth-order valence-corrected chi connectivity index (χ4v) is 4.38. The molecular formula is C24H25F3N6O. The zero-order valence-corrected chi connectivity index (χ0v) is 18.8. The summed E-state index contributed by atoms with van der Waals surface area (Å²) in [5, 5.41) is 0. The van der Waals surface area contributed by atoms with Crippen molar-refractivity contribution < 1.29 is 17.9 Å². The fourth-order valence-electron chi connectivity index (χ4n) is 4.38. The Kier molecular flexibility index (Phi) is 6.23. The predicted molar refractivity (Wildman–Crippen MR) is 124 cm³/mol. The van der Waals surface area contributed by atoms with E-state index < -0.39 is 11.6 Å². The van der Waals surface area contributed by atoms with Crippen molar-refractivity contribution in [2.75, 3.05) is 60.6 Å². The molecule has 1 atom stereocenters. The molecular weight excluding hydrogens is 445 g/mol. The Labute approximate surface area is 195 Å². The lowest BCUT2D eigenvalue weighted by Crippen LogP contribution is -2.53. The summed E-state index contributed by atoms with van der Waals surface area (Å²) >= 11 is 0. The normalized spacial score (nSPS) is 18.9. The zero-order chi connectivity index (χ0) is 23.7. The van der Waals surface area contributed by atoms with Crippen LogP contribution in [-0.4, -0.2) is 66.9 Å². The van der Waals surface area contributed by atoms with Gasteiger partial charge in [-0.1, -0.05) is 0 Å². The van der Waals surface area contributed by atoms with Crippen LogP contribution in [0.2, 0.25) is 0 Å². The second-order valence-corrected chi connectivity index (χ2v) is 8.44. The number of pyridine rings is 1. The van der Waals surface area contributed by atoms with Gasteiger partial charge in [-0.2, -0.15) is 4.98 Å². The number of benzene rings is 1. The number of nitrogens with zero attached hydrogens (tertiary/aromatic N) is 6. The molecule has 1 aromatic carbocycles. The lowest BCUT2D eigenvalue weighted by molar-refractivity contribution is 0.122. The molecule has 1 unspecified atom stereocenters. The van der Waals surface area contributed by atoms with Gasteiger partial charge < -0.3 is 19.4 Å². The second kappa shape index (κ2) is 9.46. The van der Waals surface area contributed by atoms with E-state index in [1.807, 2.05) is 16.7 Å². The third-order valence-electron chi connectivity index (χ3n) is 6.17. The van der Waals surface area contributed by atoms with Crippen molar-refractivity contribution in [1.29, 1.82) is 0 Å². The van der Waals surface area contributed by atoms with Gasteiger partial charge in [0.2, 0.25) is 5.95 Å². The quantitative estimate of drug-likeness (QED) is 0.579. The first kappa shape index (κ1) is 22.4. The molecule has 0 bridgehead atoms. The van der Waals surface area contributed by atoms with Crippen LogP contribution in [0.15, 0.2) is 42.6 Å². The van der Waals surface area contributed by atoms with E-state index in [1.165, 1.54) is 12.1 Å². The summed E-state index contributed by atoms with van der Waals surface area (Å²) in [6.07, 6.45) is 1.59. The minimum Gasteiger partial charge on any atom is -0.378 e. The average Bonchev–Trinajstić information content (AvgIpc) is 2.86. The van der Waals surface area contributed by atoms with E-state index in [2.05, 4.69) is 14.9 Å². The summed E-state index contributed by atoms with van der Waals surface area (Å²) < 4.78 is 47.2. The number of hydrogen-bond acceptors (Lipinski definition) is 7. The number of halogens is 3. The summed E-state index contributed by atoms with van der Waals surface area (Å²) in [6.45, 7) is 6.18. The molecule has 2 fully saturated rings. The summed E-state index contributed by atoms with van der Waals surface area (Å²) in [5.74, 6) is -0.632. The van der Waals surface area contributed by atoms with Crippen LogP contribution < -0.4 is 14.7 Å². The van der Waals surface area contributed by atoms with Gasteiger partial charge in [0, 0.05) is 56.6 Å². The van der Waals surface area contributed by atoms with E-state index in [9.17, 15) is 13.2 Å². The highest BCUT2D eigenvalue weighted by Gasteiger charge is 2.28. The highest BCUT2D eigenvalue weighted by atomic mass is 19.2. The zero-order valence-electron chi connectivity index (χ0n) is 18.8. The van der Waals surface area contributed by atoms with Crippen LogP contribution in [0.5, 0.6) is 0 Å². The third-order valence-corrected chi connectivity index (χ3v) is 6.17. The van der Waals surface area contributed by atoms with E-state index >= 15 is 0 Å². The van der Waals surface area contributed by atoms with E-state index in [-0.39, 0.29) is 11.9 Å². The maximum absolute atomic E-state index is 14.3. The standard InChI is InChI=1S/C24H25F3N6O/c1-16-15-32(23-19(26)3-2-6-28-23)7-8-33(16)22-14-21(17-4-5-18(25)20(27)13-17)29-24(30-22)31-9-11-34-12-10-31/h2-6,13-14,16H,7-12,15H2,1H3. The second-order valence-electron chi connectivity index (χ2n) is 8.44. The molecule has 10 heteroatoms. The Hall–Kier alpha value is -3.40. The molecule has 5 rings (SSSR count). The third kappa shape index (κ3) is 4.50. The van der Waals surface area contributed by atoms with Gasteiger partial charge in [-0.3, -0.25) is 0 Å². The molecule has 0 N–H and O–H groups in total. The van der Waals surface area contributed by atoms with E-state index in [1.54, 1.807) is 18.3 Å². The Bertz CT molecular complexity index is 1170. The Morgan fingerprint density at radius 1 is 0.882 bits per heavy atom. The number of piperazine rings is 1. The van der Waals surface area contributed by atoms with Crippen LogP contribution in [0.3, 0.4) is 0 Å². The van der Waals surface area contributed by atoms with Crippen LogP contribution in [-0.2, 0) is 4.74 Å². The summed E-state index contributed by atoms with van der Waals surface area (Å²) in [7, 11) is 0. The molecule has 0 aliphatic carbocycles. The molecule has 2 aliphatic rings. The molecule has 178 valence electrons. The van der Waals surface area contributed by atoms with Crippen LogP contribution in [0.25, 0.3) is 11.3 Å². The first-order valence-corrected chi connectivity index (χ1v) is 11.3. The Morgan fingerprint density at radius 3 is 2.44 bits per heavy atom. The maximum atomic E-state index is 14.3. The van der Waals surface area contributed by atoms with Crippen molar-refractivity contribution in [2.45, 2.75) is 13.0 Å². The molecule has 2 saturated heterocycles. The highest BCUT2D eigenvalue weighted by Crippen LogP contribution is 2.29. The molecule has 2 aromatic heterocycles. The SMILES string of the molecule is CC1CN(c2ncccc2F)CCN1c1cc(-c2ccc(F)c(F)c2)nc(N2CCOCC2)n1. The van der Waals surface area contributed by atoms with Crippen LogP contribution in [0, 0.1) is 17.5 Å². The van der Waals surface area contributed by atoms with Gasteiger partial charge in [-0.25, -0.2) is 23.1 Å². The first-order chi connectivity index (χ1) is 16.5. The molecule has 7 nitrogen and oxygen atoms in total. The molecule has 0 saturated carbocycles. The van der Waals surface area contributed by atoms with Crippen LogP contribution in [0.1, 0.15) is 6.92 Å². The number of aromatic nitrogens is 3. The first-order valence-electron chi connectivity index (χ1n) is 11.3. The van der Waals surface area contributed by atoms with Gasteiger partial charge in [0.25, 0.3) is 0 Å². The van der Waals surface area contributed by atoms with Gasteiger partial charge in [0.05, 0.1) is 18.9 Å². The summed E-state index contributed by atoms with van der Waals surface area (Å²) in [4.78, 5) is 19.8. The van der Waals surface area contributed by atoms with Crippen molar-refractivity contribution in [3.05, 3.63) is 60.0 Å². The van der Waals surface area contributed by atoms with Gasteiger partial charge in [-0.05, 0) is 37.3 Å². The smallest absolute Gasteiger partial charge is 0.228 e. The number of ether oxygens (including phenoxy) is 1. The number of anilines is 3. The minimum absolute atomic E-state index is 0.000370. The van der Waals surface area contributed by atoms with Gasteiger partial charge in [0.1, 0.15) is 5.82 Å². The molecule has 34 heavy (non-hydrogen) atoms. The van der Waals surface area contributed by atoms with Gasteiger partial charge in [0.15, 0.2) is 23.3 Å². The molecule has 2 aliphatic heterocycles. The van der Waals surface area contributed by atoms with Gasteiger partial charge >= 0.3 is 0 Å². The lowest BCUT2D eigenvalue weighted by atomic mass is 10.1. The van der Waals surface area contributed by atoms with Crippen LogP contribution >= 0.6 is 0 Å². The van der Waals surface area contributed by atoms with Crippen molar-refractivity contribution in [3.8, 4) is 11.3 Å². The number of rotatable bonds is 4. The van der Waals surface area contributed by atoms with Crippen LogP contribution in [0.4, 0.5) is 30.8 Å². The Balaban J connectivity index is 1.47. The largest absolute Gasteiger partial charge is 0.378 e. The van der Waals surface area contributed by atoms with Crippen molar-refractivity contribution >= 4 is 17.6 Å². The van der Waals surface area contributed by atoms with Crippen molar-refractivity contribution in [3.63, 3.8) is 0 Å². The van der Waals surface area contributed by atoms with Crippen molar-refractivity contribution in [1.82, 2.24) is 15.0 Å². The fraction of sp³-hybridized carbons (Fsp3) is 0.375. The van der Waals surface area contributed by atoms with Crippen molar-refractivity contribution in [2.24, 2.45) is 0 Å². The minimum atomic E-state index is -0.926. The molecule has 4 heterocycles. The van der Waals surface area contributed by atoms with E-state index in [0.29, 0.717) is 74.8 Å². The Morgan fingerprint density at radius 2 is 1.71 bits per heavy atom. The monoisotopic (exact) mass is 470 g/mol. The molecule has 3 aromatic rings. The lowest BCUT2D eigenvalue weighted by Gasteiger charge is -2.41. The summed E-state index contributed by atoms with van der Waals surface area (Å²) in [5.41, 5.74) is 0.981.